The van der Waals surface area contributed by atoms with Crippen molar-refractivity contribution in [1.82, 2.24) is 20.5 Å². The van der Waals surface area contributed by atoms with Crippen molar-refractivity contribution < 1.29 is 0 Å². The fraction of sp³-hybridized carbons (Fsp3) is 0.867. The molecule has 1 aromatic heterocycles. The summed E-state index contributed by atoms with van der Waals surface area (Å²) in [5, 5.41) is 11.2. The normalized spacial score (nSPS) is 25.9. The summed E-state index contributed by atoms with van der Waals surface area (Å²) >= 11 is 0. The predicted octanol–water partition coefficient (Wildman–Crippen LogP) is 2.12. The van der Waals surface area contributed by atoms with Crippen LogP contribution in [0.1, 0.15) is 51.3 Å². The van der Waals surface area contributed by atoms with Gasteiger partial charge >= 0.3 is 0 Å². The van der Waals surface area contributed by atoms with E-state index in [1.54, 1.807) is 0 Å². The molecule has 2 atom stereocenters. The summed E-state index contributed by atoms with van der Waals surface area (Å²) in [4.78, 5) is 7.03. The van der Waals surface area contributed by atoms with Crippen LogP contribution in [0.5, 0.6) is 0 Å². The molecule has 112 valence electrons. The number of fused-ring (bicyclic) bond motifs is 1. The minimum absolute atomic E-state index is 0.648. The van der Waals surface area contributed by atoms with Crippen molar-refractivity contribution >= 4 is 5.95 Å². The van der Waals surface area contributed by atoms with E-state index >= 15 is 0 Å². The lowest BCUT2D eigenvalue weighted by atomic mass is 9.94. The van der Waals surface area contributed by atoms with Gasteiger partial charge in [0.15, 0.2) is 0 Å². The Bertz CT molecular complexity index is 402. The number of aromatic nitrogens is 3. The first-order valence-electron chi connectivity index (χ1n) is 8.26. The highest BCUT2D eigenvalue weighted by molar-refractivity contribution is 5.32. The Labute approximate surface area is 121 Å². The number of nitrogens with zero attached hydrogens (tertiary/aromatic N) is 3. The molecule has 1 aromatic rings. The lowest BCUT2D eigenvalue weighted by Crippen LogP contribution is -2.40. The number of anilines is 1. The summed E-state index contributed by atoms with van der Waals surface area (Å²) in [5.74, 6) is 2.75. The standard InChI is InChI=1S/C15H27N5/c1-2-3-4-5-8-14-17-15(19-18-14)20-10-12-7-6-9-16-13(12)11-20/h12-13,16H,2-11H2,1H3,(H,17,18,19). The van der Waals surface area contributed by atoms with Crippen molar-refractivity contribution in [1.29, 1.82) is 0 Å². The number of aromatic amines is 1. The fourth-order valence-corrected chi connectivity index (χ4v) is 3.47. The van der Waals surface area contributed by atoms with Crippen molar-refractivity contribution in [3.63, 3.8) is 0 Å². The molecule has 0 spiro atoms. The Morgan fingerprint density at radius 2 is 2.20 bits per heavy atom. The highest BCUT2D eigenvalue weighted by Crippen LogP contribution is 2.27. The molecule has 5 heteroatoms. The van der Waals surface area contributed by atoms with Gasteiger partial charge < -0.3 is 10.2 Å². The average molecular weight is 277 g/mol. The van der Waals surface area contributed by atoms with Gasteiger partial charge in [-0.25, -0.2) is 0 Å². The highest BCUT2D eigenvalue weighted by Gasteiger charge is 2.35. The van der Waals surface area contributed by atoms with Gasteiger partial charge in [0.2, 0.25) is 5.95 Å². The lowest BCUT2D eigenvalue weighted by molar-refractivity contribution is 0.340. The van der Waals surface area contributed by atoms with Crippen LogP contribution >= 0.6 is 0 Å². The van der Waals surface area contributed by atoms with E-state index in [2.05, 4.69) is 32.3 Å². The molecule has 0 radical (unpaired) electrons. The Hall–Kier alpha value is -1.10. The summed E-state index contributed by atoms with van der Waals surface area (Å²) in [7, 11) is 0. The predicted molar refractivity (Wildman–Crippen MR) is 81.0 cm³/mol. The molecular weight excluding hydrogens is 250 g/mol. The Balaban J connectivity index is 1.52. The zero-order chi connectivity index (χ0) is 13.8. The van der Waals surface area contributed by atoms with E-state index < -0.39 is 0 Å². The van der Waals surface area contributed by atoms with E-state index in [9.17, 15) is 0 Å². The van der Waals surface area contributed by atoms with Crippen LogP contribution in [0, 0.1) is 5.92 Å². The molecule has 2 unspecified atom stereocenters. The van der Waals surface area contributed by atoms with Crippen molar-refractivity contribution in [2.45, 2.75) is 57.9 Å². The van der Waals surface area contributed by atoms with Gasteiger partial charge in [-0.1, -0.05) is 26.2 Å². The Morgan fingerprint density at radius 3 is 3.05 bits per heavy atom. The molecule has 0 saturated carbocycles. The van der Waals surface area contributed by atoms with Crippen LogP contribution in [0.15, 0.2) is 0 Å². The number of H-pyrrole nitrogens is 1. The Kier molecular flexibility index (Phi) is 4.55. The second-order valence-corrected chi connectivity index (χ2v) is 6.26. The Morgan fingerprint density at radius 1 is 1.25 bits per heavy atom. The van der Waals surface area contributed by atoms with E-state index in [4.69, 9.17) is 0 Å². The molecule has 2 aliphatic heterocycles. The molecule has 20 heavy (non-hydrogen) atoms. The molecule has 2 aliphatic rings. The number of piperidine rings is 1. The van der Waals surface area contributed by atoms with Crippen LogP contribution < -0.4 is 10.2 Å². The number of nitrogens with one attached hydrogen (secondary N) is 2. The second-order valence-electron chi connectivity index (χ2n) is 6.26. The molecule has 0 aromatic carbocycles. The molecule has 2 fully saturated rings. The van der Waals surface area contributed by atoms with Crippen LogP contribution in [0.4, 0.5) is 5.95 Å². The third-order valence-electron chi connectivity index (χ3n) is 4.67. The van der Waals surface area contributed by atoms with Gasteiger partial charge in [-0.15, -0.1) is 5.10 Å². The molecule has 3 heterocycles. The summed E-state index contributed by atoms with van der Waals surface area (Å²) in [5.41, 5.74) is 0. The SMILES string of the molecule is CCCCCCc1nc(N2CC3CCCNC3C2)n[nH]1. The summed E-state index contributed by atoms with van der Waals surface area (Å²) in [6.45, 7) is 5.60. The van der Waals surface area contributed by atoms with E-state index in [1.165, 1.54) is 45.1 Å². The van der Waals surface area contributed by atoms with E-state index in [0.717, 1.165) is 37.2 Å². The highest BCUT2D eigenvalue weighted by atomic mass is 15.4. The maximum atomic E-state index is 4.68. The van der Waals surface area contributed by atoms with E-state index in [0.29, 0.717) is 6.04 Å². The van der Waals surface area contributed by atoms with Crippen molar-refractivity contribution in [3.05, 3.63) is 5.82 Å². The number of hydrogen-bond acceptors (Lipinski definition) is 4. The first-order chi connectivity index (χ1) is 9.86. The summed E-state index contributed by atoms with van der Waals surface area (Å²) < 4.78 is 0. The summed E-state index contributed by atoms with van der Waals surface area (Å²) in [6, 6.07) is 0.648. The van der Waals surface area contributed by atoms with Crippen molar-refractivity contribution in [2.75, 3.05) is 24.5 Å². The maximum absolute atomic E-state index is 4.68. The van der Waals surface area contributed by atoms with Gasteiger partial charge in [-0.2, -0.15) is 4.98 Å². The van der Waals surface area contributed by atoms with Gasteiger partial charge in [0, 0.05) is 25.6 Å². The second kappa shape index (κ2) is 6.57. The number of aryl methyl sites for hydroxylation is 1. The van der Waals surface area contributed by atoms with Crippen molar-refractivity contribution in [2.24, 2.45) is 5.92 Å². The zero-order valence-electron chi connectivity index (χ0n) is 12.6. The summed E-state index contributed by atoms with van der Waals surface area (Å²) in [6.07, 6.45) is 8.81. The molecule has 2 saturated heterocycles. The zero-order valence-corrected chi connectivity index (χ0v) is 12.6. The van der Waals surface area contributed by atoms with Crippen LogP contribution in [-0.4, -0.2) is 40.9 Å². The number of rotatable bonds is 6. The maximum Gasteiger partial charge on any atom is 0.244 e. The topological polar surface area (TPSA) is 56.8 Å². The smallest absolute Gasteiger partial charge is 0.244 e. The molecular formula is C15H27N5. The van der Waals surface area contributed by atoms with Crippen LogP contribution in [0.25, 0.3) is 0 Å². The van der Waals surface area contributed by atoms with Crippen LogP contribution in [-0.2, 0) is 6.42 Å². The lowest BCUT2D eigenvalue weighted by Gasteiger charge is -2.24. The van der Waals surface area contributed by atoms with E-state index in [-0.39, 0.29) is 0 Å². The quantitative estimate of drug-likeness (QED) is 0.782. The largest absolute Gasteiger partial charge is 0.338 e. The van der Waals surface area contributed by atoms with Gasteiger partial charge in [0.1, 0.15) is 5.82 Å². The first kappa shape index (κ1) is 13.9. The monoisotopic (exact) mass is 277 g/mol. The third-order valence-corrected chi connectivity index (χ3v) is 4.67. The van der Waals surface area contributed by atoms with Crippen LogP contribution in [0.3, 0.4) is 0 Å². The molecule has 0 amide bonds. The van der Waals surface area contributed by atoms with Gasteiger partial charge in [0.25, 0.3) is 0 Å². The molecule has 0 aliphatic carbocycles. The van der Waals surface area contributed by atoms with Gasteiger partial charge in [-0.05, 0) is 31.7 Å². The molecule has 0 bridgehead atoms. The van der Waals surface area contributed by atoms with Gasteiger partial charge in [0.05, 0.1) is 0 Å². The number of hydrogen-bond donors (Lipinski definition) is 2. The fourth-order valence-electron chi connectivity index (χ4n) is 3.47. The van der Waals surface area contributed by atoms with Gasteiger partial charge in [-0.3, -0.25) is 5.10 Å². The minimum Gasteiger partial charge on any atom is -0.338 e. The first-order valence-corrected chi connectivity index (χ1v) is 8.26. The molecule has 3 rings (SSSR count). The molecule has 5 nitrogen and oxygen atoms in total. The minimum atomic E-state index is 0.648. The average Bonchev–Trinajstić information content (AvgIpc) is 3.09. The molecule has 2 N–H and O–H groups in total. The number of unbranched alkanes of at least 4 members (excludes halogenated alkanes) is 3. The third kappa shape index (κ3) is 3.14. The van der Waals surface area contributed by atoms with Crippen LogP contribution in [0.2, 0.25) is 0 Å². The van der Waals surface area contributed by atoms with Crippen molar-refractivity contribution in [3.8, 4) is 0 Å². The van der Waals surface area contributed by atoms with E-state index in [1.807, 2.05) is 0 Å².